The summed E-state index contributed by atoms with van der Waals surface area (Å²) >= 11 is 17.6. The van der Waals surface area contributed by atoms with Crippen LogP contribution in [0.4, 0.5) is 0 Å². The third-order valence-corrected chi connectivity index (χ3v) is 3.21. The summed E-state index contributed by atoms with van der Waals surface area (Å²) in [6.45, 7) is 0.599. The van der Waals surface area contributed by atoms with Crippen LogP contribution in [0.1, 0.15) is 0 Å². The van der Waals surface area contributed by atoms with Gasteiger partial charge in [-0.25, -0.2) is 0 Å². The zero-order valence-corrected chi connectivity index (χ0v) is 12.5. The number of hydrogen-bond donors (Lipinski definition) is 1. The lowest BCUT2D eigenvalue weighted by molar-refractivity contribution is 0.217. The Hall–Kier alpha value is -1.29. The minimum absolute atomic E-state index is 0.00948. The van der Waals surface area contributed by atoms with Crippen molar-refractivity contribution in [2.45, 2.75) is 0 Å². The molecule has 0 amide bonds. The standard InChI is InChI=1S/C14H11Cl3O3/c15-9-1-3-11(4-2-9)19-5-6-20-14-12(16)7-10(18)8-13(14)17/h1-4,7-8,18H,5-6H2. The van der Waals surface area contributed by atoms with Gasteiger partial charge in [0.05, 0.1) is 10.0 Å². The lowest BCUT2D eigenvalue weighted by Gasteiger charge is -2.11. The first-order chi connectivity index (χ1) is 9.56. The van der Waals surface area contributed by atoms with Gasteiger partial charge in [-0.1, -0.05) is 34.8 Å². The zero-order chi connectivity index (χ0) is 14.5. The number of benzene rings is 2. The minimum Gasteiger partial charge on any atom is -0.508 e. The Bertz CT molecular complexity index is 562. The van der Waals surface area contributed by atoms with Crippen LogP contribution in [0.5, 0.6) is 17.2 Å². The highest BCUT2D eigenvalue weighted by molar-refractivity contribution is 6.37. The van der Waals surface area contributed by atoms with Gasteiger partial charge in [-0.2, -0.15) is 0 Å². The number of ether oxygens (including phenoxy) is 2. The summed E-state index contributed by atoms with van der Waals surface area (Å²) in [6.07, 6.45) is 0. The quantitative estimate of drug-likeness (QED) is 0.798. The SMILES string of the molecule is Oc1cc(Cl)c(OCCOc2ccc(Cl)cc2)c(Cl)c1. The van der Waals surface area contributed by atoms with E-state index in [0.717, 1.165) is 0 Å². The van der Waals surface area contributed by atoms with Crippen molar-refractivity contribution < 1.29 is 14.6 Å². The molecule has 0 heterocycles. The molecule has 0 saturated carbocycles. The fraction of sp³-hybridized carbons (Fsp3) is 0.143. The molecule has 0 fully saturated rings. The van der Waals surface area contributed by atoms with E-state index in [-0.39, 0.29) is 22.4 Å². The molecule has 1 N–H and O–H groups in total. The lowest BCUT2D eigenvalue weighted by atomic mass is 10.3. The predicted octanol–water partition coefficient (Wildman–Crippen LogP) is 4.81. The van der Waals surface area contributed by atoms with E-state index in [1.54, 1.807) is 24.3 Å². The Morgan fingerprint density at radius 3 is 2.00 bits per heavy atom. The second-order valence-corrected chi connectivity index (χ2v) is 5.14. The molecular weight excluding hydrogens is 323 g/mol. The van der Waals surface area contributed by atoms with Crippen molar-refractivity contribution >= 4 is 34.8 Å². The van der Waals surface area contributed by atoms with Gasteiger partial charge in [0.2, 0.25) is 0 Å². The summed E-state index contributed by atoms with van der Waals surface area (Å²) in [5.41, 5.74) is 0. The topological polar surface area (TPSA) is 38.7 Å². The van der Waals surface area contributed by atoms with Crippen molar-refractivity contribution in [3.8, 4) is 17.2 Å². The maximum atomic E-state index is 9.30. The van der Waals surface area contributed by atoms with Gasteiger partial charge < -0.3 is 14.6 Å². The maximum absolute atomic E-state index is 9.30. The third kappa shape index (κ3) is 4.10. The van der Waals surface area contributed by atoms with Gasteiger partial charge in [0.15, 0.2) is 5.75 Å². The molecule has 2 rings (SSSR count). The first-order valence-corrected chi connectivity index (χ1v) is 6.89. The van der Waals surface area contributed by atoms with Gasteiger partial charge in [-0.05, 0) is 24.3 Å². The molecule has 0 atom stereocenters. The largest absolute Gasteiger partial charge is 0.508 e. The van der Waals surface area contributed by atoms with Gasteiger partial charge in [-0.3, -0.25) is 0 Å². The number of hydrogen-bond acceptors (Lipinski definition) is 3. The molecule has 0 bridgehead atoms. The molecule has 20 heavy (non-hydrogen) atoms. The van der Waals surface area contributed by atoms with Crippen molar-refractivity contribution in [1.29, 1.82) is 0 Å². The van der Waals surface area contributed by atoms with E-state index in [4.69, 9.17) is 44.3 Å². The summed E-state index contributed by atoms with van der Waals surface area (Å²) in [5.74, 6) is 1.01. The summed E-state index contributed by atoms with van der Waals surface area (Å²) < 4.78 is 10.9. The Morgan fingerprint density at radius 1 is 0.850 bits per heavy atom. The fourth-order valence-electron chi connectivity index (χ4n) is 1.52. The summed E-state index contributed by atoms with van der Waals surface area (Å²) in [4.78, 5) is 0. The number of phenolic OH excluding ortho intramolecular Hbond substituents is 1. The van der Waals surface area contributed by atoms with E-state index in [9.17, 15) is 5.11 Å². The van der Waals surface area contributed by atoms with Crippen LogP contribution < -0.4 is 9.47 Å². The molecular formula is C14H11Cl3O3. The van der Waals surface area contributed by atoms with Crippen LogP contribution in [0.2, 0.25) is 15.1 Å². The highest BCUT2D eigenvalue weighted by Crippen LogP contribution is 2.36. The number of aromatic hydroxyl groups is 1. The van der Waals surface area contributed by atoms with Crippen LogP contribution in [0.3, 0.4) is 0 Å². The van der Waals surface area contributed by atoms with Gasteiger partial charge in [0, 0.05) is 17.2 Å². The predicted molar refractivity (Wildman–Crippen MR) is 80.6 cm³/mol. The second-order valence-electron chi connectivity index (χ2n) is 3.89. The Kier molecular flexibility index (Phi) is 5.24. The molecule has 0 saturated heterocycles. The minimum atomic E-state index is -0.00948. The zero-order valence-electron chi connectivity index (χ0n) is 10.3. The van der Waals surface area contributed by atoms with Crippen molar-refractivity contribution in [2.75, 3.05) is 13.2 Å². The lowest BCUT2D eigenvalue weighted by Crippen LogP contribution is -2.09. The van der Waals surface area contributed by atoms with E-state index in [0.29, 0.717) is 23.1 Å². The van der Waals surface area contributed by atoms with E-state index < -0.39 is 0 Å². The third-order valence-electron chi connectivity index (χ3n) is 2.40. The van der Waals surface area contributed by atoms with Gasteiger partial charge in [0.25, 0.3) is 0 Å². The van der Waals surface area contributed by atoms with Crippen LogP contribution in [-0.2, 0) is 0 Å². The summed E-state index contributed by atoms with van der Waals surface area (Å²) in [7, 11) is 0. The summed E-state index contributed by atoms with van der Waals surface area (Å²) in [5, 5.41) is 10.5. The van der Waals surface area contributed by atoms with Gasteiger partial charge in [-0.15, -0.1) is 0 Å². The number of rotatable bonds is 5. The first kappa shape index (κ1) is 15.1. The average molecular weight is 334 g/mol. The summed E-state index contributed by atoms with van der Waals surface area (Å²) in [6, 6.07) is 9.74. The maximum Gasteiger partial charge on any atom is 0.156 e. The molecule has 106 valence electrons. The van der Waals surface area contributed by atoms with Gasteiger partial charge in [0.1, 0.15) is 24.7 Å². The Morgan fingerprint density at radius 2 is 1.40 bits per heavy atom. The van der Waals surface area contributed by atoms with E-state index in [2.05, 4.69) is 0 Å². The fourth-order valence-corrected chi connectivity index (χ4v) is 2.23. The average Bonchev–Trinajstić information content (AvgIpc) is 2.39. The monoisotopic (exact) mass is 332 g/mol. The van der Waals surface area contributed by atoms with Crippen LogP contribution >= 0.6 is 34.8 Å². The van der Waals surface area contributed by atoms with Crippen molar-refractivity contribution in [3.05, 3.63) is 51.5 Å². The van der Waals surface area contributed by atoms with Crippen LogP contribution in [-0.4, -0.2) is 18.3 Å². The first-order valence-electron chi connectivity index (χ1n) is 5.75. The normalized spacial score (nSPS) is 10.3. The van der Waals surface area contributed by atoms with E-state index in [1.807, 2.05) is 0 Å². The van der Waals surface area contributed by atoms with E-state index in [1.165, 1.54) is 12.1 Å². The van der Waals surface area contributed by atoms with Crippen molar-refractivity contribution in [1.82, 2.24) is 0 Å². The molecule has 3 nitrogen and oxygen atoms in total. The van der Waals surface area contributed by atoms with E-state index >= 15 is 0 Å². The molecule has 0 aliphatic heterocycles. The number of halogens is 3. The Labute approximate surface area is 131 Å². The van der Waals surface area contributed by atoms with Crippen molar-refractivity contribution in [3.63, 3.8) is 0 Å². The van der Waals surface area contributed by atoms with Crippen molar-refractivity contribution in [2.24, 2.45) is 0 Å². The highest BCUT2D eigenvalue weighted by Gasteiger charge is 2.09. The smallest absolute Gasteiger partial charge is 0.156 e. The van der Waals surface area contributed by atoms with Crippen LogP contribution in [0.25, 0.3) is 0 Å². The molecule has 0 aliphatic carbocycles. The van der Waals surface area contributed by atoms with Gasteiger partial charge >= 0.3 is 0 Å². The molecule has 2 aromatic rings. The molecule has 0 radical (unpaired) electrons. The van der Waals surface area contributed by atoms with Crippen LogP contribution in [0.15, 0.2) is 36.4 Å². The van der Waals surface area contributed by atoms with Crippen LogP contribution in [0, 0.1) is 0 Å². The molecule has 0 unspecified atom stereocenters. The molecule has 0 aliphatic rings. The molecule has 0 spiro atoms. The molecule has 2 aromatic carbocycles. The molecule has 6 heteroatoms. The molecule has 0 aromatic heterocycles. The number of phenols is 1. The Balaban J connectivity index is 1.86. The second kappa shape index (κ2) is 6.93. The highest BCUT2D eigenvalue weighted by atomic mass is 35.5.